The van der Waals surface area contributed by atoms with Crippen molar-refractivity contribution in [1.82, 2.24) is 20.5 Å². The zero-order valence-electron chi connectivity index (χ0n) is 16.3. The maximum Gasteiger partial charge on any atom is 0.434 e. The largest absolute Gasteiger partial charge is 0.434 e. The van der Waals surface area contributed by atoms with E-state index in [2.05, 4.69) is 34.4 Å². The fourth-order valence-corrected chi connectivity index (χ4v) is 4.00. The molecule has 2 N–H and O–H groups in total. The van der Waals surface area contributed by atoms with Gasteiger partial charge in [-0.05, 0) is 38.8 Å². The fraction of sp³-hybridized carbons (Fsp3) is 0.778. The second-order valence-corrected chi connectivity index (χ2v) is 8.02. The van der Waals surface area contributed by atoms with E-state index >= 15 is 0 Å². The normalized spacial score (nSPS) is 17.5. The molecule has 0 spiro atoms. The summed E-state index contributed by atoms with van der Waals surface area (Å²) in [7, 11) is 0. The minimum Gasteiger partial charge on any atom is -0.357 e. The smallest absolute Gasteiger partial charge is 0.357 e. The van der Waals surface area contributed by atoms with Crippen LogP contribution < -0.4 is 10.6 Å². The van der Waals surface area contributed by atoms with Crippen LogP contribution in [-0.4, -0.2) is 54.6 Å². The number of nitrogens with one attached hydrogen (secondary N) is 2. The van der Waals surface area contributed by atoms with Crippen LogP contribution in [0.1, 0.15) is 44.3 Å². The molecule has 1 aromatic rings. The van der Waals surface area contributed by atoms with Crippen LogP contribution in [0.3, 0.4) is 0 Å². The quantitative estimate of drug-likeness (QED) is 0.514. The molecule has 1 fully saturated rings. The molecule has 1 aromatic heterocycles. The Kier molecular flexibility index (Phi) is 8.34. The maximum absolute atomic E-state index is 12.6. The van der Waals surface area contributed by atoms with Gasteiger partial charge in [0.2, 0.25) is 0 Å². The van der Waals surface area contributed by atoms with Crippen molar-refractivity contribution in [2.45, 2.75) is 52.3 Å². The number of likely N-dealkylation sites (tertiary alicyclic amines) is 1. The monoisotopic (exact) mass is 405 g/mol. The van der Waals surface area contributed by atoms with Crippen molar-refractivity contribution in [3.63, 3.8) is 0 Å². The van der Waals surface area contributed by atoms with E-state index in [1.165, 1.54) is 12.8 Å². The van der Waals surface area contributed by atoms with E-state index in [9.17, 15) is 13.2 Å². The van der Waals surface area contributed by atoms with Gasteiger partial charge in [-0.15, -0.1) is 11.3 Å². The zero-order chi connectivity index (χ0) is 19.9. The van der Waals surface area contributed by atoms with Crippen molar-refractivity contribution in [2.75, 3.05) is 32.7 Å². The van der Waals surface area contributed by atoms with Crippen molar-refractivity contribution in [3.8, 4) is 0 Å². The lowest BCUT2D eigenvalue weighted by molar-refractivity contribution is -0.140. The SMILES string of the molecule is CCNC(=NCC(C(C)C)N1CCCC1)NCCc1nc(C(F)(F)F)cs1. The predicted octanol–water partition coefficient (Wildman–Crippen LogP) is 3.38. The van der Waals surface area contributed by atoms with Crippen molar-refractivity contribution >= 4 is 17.3 Å². The van der Waals surface area contributed by atoms with Crippen LogP contribution in [0.25, 0.3) is 0 Å². The van der Waals surface area contributed by atoms with Gasteiger partial charge in [0, 0.05) is 30.9 Å². The number of hydrogen-bond acceptors (Lipinski definition) is 4. The first-order chi connectivity index (χ1) is 12.8. The molecule has 0 bridgehead atoms. The maximum atomic E-state index is 12.6. The van der Waals surface area contributed by atoms with Gasteiger partial charge in [0.1, 0.15) is 0 Å². The highest BCUT2D eigenvalue weighted by molar-refractivity contribution is 7.09. The number of halogens is 3. The first-order valence-electron chi connectivity index (χ1n) is 9.59. The molecule has 0 radical (unpaired) electrons. The summed E-state index contributed by atoms with van der Waals surface area (Å²) in [4.78, 5) is 10.9. The summed E-state index contributed by atoms with van der Waals surface area (Å²) in [6.07, 6.45) is -1.44. The minimum absolute atomic E-state index is 0.413. The molecule has 154 valence electrons. The van der Waals surface area contributed by atoms with Crippen LogP contribution in [0.2, 0.25) is 0 Å². The molecule has 1 aliphatic heterocycles. The van der Waals surface area contributed by atoms with Crippen LogP contribution in [0, 0.1) is 5.92 Å². The van der Waals surface area contributed by atoms with E-state index in [-0.39, 0.29) is 0 Å². The summed E-state index contributed by atoms with van der Waals surface area (Å²) in [5, 5.41) is 7.96. The van der Waals surface area contributed by atoms with Crippen LogP contribution in [0.15, 0.2) is 10.4 Å². The molecule has 0 aromatic carbocycles. The molecule has 1 unspecified atom stereocenters. The summed E-state index contributed by atoms with van der Waals surface area (Å²) in [6, 6.07) is 0.413. The van der Waals surface area contributed by atoms with Gasteiger partial charge < -0.3 is 10.6 Å². The molecular formula is C18H30F3N5S. The molecule has 0 aliphatic carbocycles. The average Bonchev–Trinajstić information content (AvgIpc) is 3.26. The van der Waals surface area contributed by atoms with E-state index in [0.717, 1.165) is 36.4 Å². The Bertz CT molecular complexity index is 594. The van der Waals surface area contributed by atoms with Gasteiger partial charge in [0.25, 0.3) is 0 Å². The number of aromatic nitrogens is 1. The summed E-state index contributed by atoms with van der Waals surface area (Å²) in [6.45, 7) is 10.6. The zero-order valence-corrected chi connectivity index (χ0v) is 17.1. The van der Waals surface area contributed by atoms with Gasteiger partial charge in [0.15, 0.2) is 11.7 Å². The number of thiazole rings is 1. The van der Waals surface area contributed by atoms with Gasteiger partial charge in [0.05, 0.1) is 11.6 Å². The summed E-state index contributed by atoms with van der Waals surface area (Å²) in [5.74, 6) is 1.22. The van der Waals surface area contributed by atoms with E-state index in [1.807, 2.05) is 6.92 Å². The molecule has 1 saturated heterocycles. The standard InChI is InChI=1S/C18H30F3N5S/c1-4-22-17(24-11-14(13(2)3)26-9-5-6-10-26)23-8-7-16-25-15(12-27-16)18(19,20)21/h12-14H,4-11H2,1-3H3,(H2,22,23,24). The predicted molar refractivity (Wildman–Crippen MR) is 104 cm³/mol. The molecule has 1 aliphatic rings. The van der Waals surface area contributed by atoms with Gasteiger partial charge in [-0.25, -0.2) is 4.98 Å². The van der Waals surface area contributed by atoms with Crippen LogP contribution in [0.5, 0.6) is 0 Å². The van der Waals surface area contributed by atoms with E-state index in [0.29, 0.717) is 42.4 Å². The number of nitrogens with zero attached hydrogens (tertiary/aromatic N) is 3. The summed E-state index contributed by atoms with van der Waals surface area (Å²) in [5.41, 5.74) is -0.812. The topological polar surface area (TPSA) is 52.6 Å². The second-order valence-electron chi connectivity index (χ2n) is 7.08. The molecule has 1 atom stereocenters. The Balaban J connectivity index is 1.88. The lowest BCUT2D eigenvalue weighted by Crippen LogP contribution is -2.42. The summed E-state index contributed by atoms with van der Waals surface area (Å²) >= 11 is 1.04. The fourth-order valence-electron chi connectivity index (χ4n) is 3.19. The molecule has 2 rings (SSSR count). The Morgan fingerprint density at radius 2 is 2.00 bits per heavy atom. The van der Waals surface area contributed by atoms with Crippen LogP contribution in [0.4, 0.5) is 13.2 Å². The number of rotatable bonds is 8. The Labute approximate surface area is 163 Å². The Morgan fingerprint density at radius 3 is 2.56 bits per heavy atom. The summed E-state index contributed by atoms with van der Waals surface area (Å²) < 4.78 is 37.9. The van der Waals surface area contributed by atoms with E-state index < -0.39 is 11.9 Å². The molecule has 5 nitrogen and oxygen atoms in total. The molecule has 0 saturated carbocycles. The lowest BCUT2D eigenvalue weighted by atomic mass is 10.0. The van der Waals surface area contributed by atoms with Gasteiger partial charge in [-0.3, -0.25) is 9.89 Å². The molecule has 2 heterocycles. The highest BCUT2D eigenvalue weighted by Gasteiger charge is 2.33. The van der Waals surface area contributed by atoms with Crippen molar-refractivity contribution in [2.24, 2.45) is 10.9 Å². The first kappa shape index (κ1) is 21.9. The third kappa shape index (κ3) is 6.95. The van der Waals surface area contributed by atoms with E-state index in [4.69, 9.17) is 4.99 Å². The van der Waals surface area contributed by atoms with Crippen molar-refractivity contribution in [1.29, 1.82) is 0 Å². The Morgan fingerprint density at radius 1 is 1.30 bits per heavy atom. The Hall–Kier alpha value is -1.35. The second kappa shape index (κ2) is 10.3. The van der Waals surface area contributed by atoms with Gasteiger partial charge in [-0.2, -0.15) is 13.2 Å². The average molecular weight is 406 g/mol. The van der Waals surface area contributed by atoms with Gasteiger partial charge in [-0.1, -0.05) is 13.8 Å². The van der Waals surface area contributed by atoms with Crippen molar-refractivity contribution < 1.29 is 13.2 Å². The van der Waals surface area contributed by atoms with Crippen LogP contribution >= 0.6 is 11.3 Å². The third-order valence-electron chi connectivity index (χ3n) is 4.63. The minimum atomic E-state index is -4.38. The van der Waals surface area contributed by atoms with Gasteiger partial charge >= 0.3 is 6.18 Å². The van der Waals surface area contributed by atoms with Crippen molar-refractivity contribution in [3.05, 3.63) is 16.1 Å². The number of guanidine groups is 1. The number of alkyl halides is 3. The molecule has 27 heavy (non-hydrogen) atoms. The number of aliphatic imine (C=N–C) groups is 1. The molecule has 9 heteroatoms. The lowest BCUT2D eigenvalue weighted by Gasteiger charge is -2.29. The molecular weight excluding hydrogens is 375 g/mol. The molecule has 0 amide bonds. The number of hydrogen-bond donors (Lipinski definition) is 2. The van der Waals surface area contributed by atoms with E-state index in [1.54, 1.807) is 0 Å². The highest BCUT2D eigenvalue weighted by Crippen LogP contribution is 2.30. The third-order valence-corrected chi connectivity index (χ3v) is 5.54. The first-order valence-corrected chi connectivity index (χ1v) is 10.5. The van der Waals surface area contributed by atoms with Crippen LogP contribution in [-0.2, 0) is 12.6 Å². The highest BCUT2D eigenvalue weighted by atomic mass is 32.1.